The highest BCUT2D eigenvalue weighted by Gasteiger charge is 2.27. The fourth-order valence-electron chi connectivity index (χ4n) is 1.49. The van der Waals surface area contributed by atoms with Crippen LogP contribution in [0.3, 0.4) is 0 Å². The zero-order chi connectivity index (χ0) is 13.1. The van der Waals surface area contributed by atoms with E-state index in [0.29, 0.717) is 0 Å². The molecule has 0 unspecified atom stereocenters. The summed E-state index contributed by atoms with van der Waals surface area (Å²) >= 11 is 3.36. The van der Waals surface area contributed by atoms with Gasteiger partial charge in [-0.1, -0.05) is 22.0 Å². The van der Waals surface area contributed by atoms with Crippen LogP contribution in [0.4, 0.5) is 18.9 Å². The van der Waals surface area contributed by atoms with E-state index in [1.807, 2.05) is 25.1 Å². The number of rotatable bonds is 4. The Morgan fingerprint density at radius 3 is 2.41 bits per heavy atom. The molecule has 1 aromatic rings. The summed E-state index contributed by atoms with van der Waals surface area (Å²) in [6.45, 7) is 1.94. The summed E-state index contributed by atoms with van der Waals surface area (Å²) in [6, 6.07) is 5.69. The molecule has 0 N–H and O–H groups in total. The fourth-order valence-corrected chi connectivity index (χ4v) is 2.12. The van der Waals surface area contributed by atoms with E-state index < -0.39 is 12.6 Å². The maximum atomic E-state index is 12.1. The van der Waals surface area contributed by atoms with E-state index in [-0.39, 0.29) is 6.54 Å². The summed E-state index contributed by atoms with van der Waals surface area (Å²) in [5.41, 5.74) is 3.05. The zero-order valence-corrected chi connectivity index (χ0v) is 11.4. The van der Waals surface area contributed by atoms with Gasteiger partial charge in [-0.15, -0.1) is 0 Å². The van der Waals surface area contributed by atoms with Crippen molar-refractivity contribution in [1.82, 2.24) is 0 Å². The molecule has 0 saturated heterocycles. The molecule has 0 aliphatic carbocycles. The highest BCUT2D eigenvalue weighted by atomic mass is 79.9. The van der Waals surface area contributed by atoms with Crippen molar-refractivity contribution >= 4 is 21.6 Å². The molecule has 0 heterocycles. The van der Waals surface area contributed by atoms with Gasteiger partial charge in [0.25, 0.3) is 0 Å². The van der Waals surface area contributed by atoms with Crippen LogP contribution < -0.4 is 4.90 Å². The Morgan fingerprint density at radius 1 is 1.29 bits per heavy atom. The van der Waals surface area contributed by atoms with Crippen molar-refractivity contribution < 1.29 is 13.2 Å². The van der Waals surface area contributed by atoms with Gasteiger partial charge in [0.1, 0.15) is 0 Å². The summed E-state index contributed by atoms with van der Waals surface area (Å²) in [5, 5.41) is 0.755. The van der Waals surface area contributed by atoms with Gasteiger partial charge in [0.05, 0.1) is 6.42 Å². The molecular weight excluding hydrogens is 295 g/mol. The van der Waals surface area contributed by atoms with Gasteiger partial charge >= 0.3 is 6.18 Å². The molecule has 0 spiro atoms. The first kappa shape index (κ1) is 14.4. The molecule has 1 nitrogen and oxygen atoms in total. The quantitative estimate of drug-likeness (QED) is 0.750. The van der Waals surface area contributed by atoms with Crippen molar-refractivity contribution in [3.8, 4) is 0 Å². The van der Waals surface area contributed by atoms with Crippen LogP contribution in [-0.4, -0.2) is 19.8 Å². The fraction of sp³-hybridized carbons (Fsp3) is 0.500. The molecule has 1 aromatic carbocycles. The monoisotopic (exact) mass is 309 g/mol. The average Bonchev–Trinajstić information content (AvgIpc) is 2.24. The smallest absolute Gasteiger partial charge is 0.374 e. The number of halogens is 4. The Hall–Kier alpha value is -0.710. The lowest BCUT2D eigenvalue weighted by atomic mass is 10.1. The third-order valence-electron chi connectivity index (χ3n) is 2.64. The van der Waals surface area contributed by atoms with Crippen molar-refractivity contribution in [2.45, 2.75) is 24.9 Å². The number of anilines is 1. The van der Waals surface area contributed by atoms with Crippen LogP contribution in [-0.2, 0) is 5.33 Å². The number of alkyl halides is 4. The second kappa shape index (κ2) is 5.76. The molecule has 0 aliphatic rings. The van der Waals surface area contributed by atoms with Crippen molar-refractivity contribution in [3.05, 3.63) is 29.3 Å². The first-order valence-electron chi connectivity index (χ1n) is 5.27. The Kier molecular flexibility index (Phi) is 4.86. The normalized spacial score (nSPS) is 11.6. The standard InChI is InChI=1S/C12H15BrF3N/c1-9-7-11(4-3-10(9)8-13)17(2)6-5-12(14,15)16/h3-4,7H,5-6,8H2,1-2H3. The maximum absolute atomic E-state index is 12.1. The van der Waals surface area contributed by atoms with Crippen LogP contribution >= 0.6 is 15.9 Å². The zero-order valence-electron chi connectivity index (χ0n) is 9.81. The molecule has 0 bridgehead atoms. The van der Waals surface area contributed by atoms with E-state index in [0.717, 1.165) is 22.1 Å². The molecule has 0 aliphatic heterocycles. The van der Waals surface area contributed by atoms with Crippen LogP contribution in [0.5, 0.6) is 0 Å². The first-order chi connectivity index (χ1) is 7.83. The van der Waals surface area contributed by atoms with E-state index in [1.54, 1.807) is 11.9 Å². The Balaban J connectivity index is 2.69. The van der Waals surface area contributed by atoms with Crippen LogP contribution in [0.25, 0.3) is 0 Å². The lowest BCUT2D eigenvalue weighted by Gasteiger charge is -2.21. The minimum absolute atomic E-state index is 0.0173. The van der Waals surface area contributed by atoms with Gasteiger partial charge in [-0.25, -0.2) is 0 Å². The topological polar surface area (TPSA) is 3.24 Å². The lowest BCUT2D eigenvalue weighted by Crippen LogP contribution is -2.24. The van der Waals surface area contributed by atoms with Crippen molar-refractivity contribution in [2.75, 3.05) is 18.5 Å². The molecule has 5 heteroatoms. The van der Waals surface area contributed by atoms with Crippen LogP contribution in [0.2, 0.25) is 0 Å². The summed E-state index contributed by atoms with van der Waals surface area (Å²) in [4.78, 5) is 1.62. The van der Waals surface area contributed by atoms with Crippen LogP contribution in [0.1, 0.15) is 17.5 Å². The minimum atomic E-state index is -4.10. The molecule has 1 rings (SSSR count). The number of benzene rings is 1. The lowest BCUT2D eigenvalue weighted by molar-refractivity contribution is -0.132. The number of aryl methyl sites for hydroxylation is 1. The number of hydrogen-bond acceptors (Lipinski definition) is 1. The minimum Gasteiger partial charge on any atom is -0.374 e. The van der Waals surface area contributed by atoms with E-state index >= 15 is 0 Å². The molecule has 0 amide bonds. The Labute approximate surface area is 108 Å². The van der Waals surface area contributed by atoms with Crippen LogP contribution in [0, 0.1) is 6.92 Å². The van der Waals surface area contributed by atoms with E-state index in [4.69, 9.17) is 0 Å². The SMILES string of the molecule is Cc1cc(N(C)CCC(F)(F)F)ccc1CBr. The summed E-state index contributed by atoms with van der Waals surface area (Å²) in [5.74, 6) is 0. The molecule has 0 fully saturated rings. The highest BCUT2D eigenvalue weighted by Crippen LogP contribution is 2.23. The maximum Gasteiger partial charge on any atom is 0.390 e. The van der Waals surface area contributed by atoms with Gasteiger partial charge in [-0.2, -0.15) is 13.2 Å². The predicted molar refractivity (Wildman–Crippen MR) is 67.8 cm³/mol. The van der Waals surface area contributed by atoms with Gasteiger partial charge in [0.2, 0.25) is 0 Å². The Bertz CT molecular complexity index is 377. The summed E-state index contributed by atoms with van der Waals surface area (Å²) in [7, 11) is 1.67. The van der Waals surface area contributed by atoms with Gasteiger partial charge in [0, 0.05) is 24.6 Å². The van der Waals surface area contributed by atoms with E-state index in [9.17, 15) is 13.2 Å². The predicted octanol–water partition coefficient (Wildman–Crippen LogP) is 4.28. The average molecular weight is 310 g/mol. The molecule has 0 saturated carbocycles. The van der Waals surface area contributed by atoms with Crippen molar-refractivity contribution in [3.63, 3.8) is 0 Å². The summed E-state index contributed by atoms with van der Waals surface area (Å²) < 4.78 is 36.3. The second-order valence-corrected chi connectivity index (χ2v) is 4.59. The molecular formula is C12H15BrF3N. The number of hydrogen-bond donors (Lipinski definition) is 0. The molecule has 0 radical (unpaired) electrons. The molecule has 0 atom stereocenters. The van der Waals surface area contributed by atoms with Crippen LogP contribution in [0.15, 0.2) is 18.2 Å². The highest BCUT2D eigenvalue weighted by molar-refractivity contribution is 9.08. The molecule has 17 heavy (non-hydrogen) atoms. The summed E-state index contributed by atoms with van der Waals surface area (Å²) in [6.07, 6.45) is -4.89. The second-order valence-electron chi connectivity index (χ2n) is 4.03. The van der Waals surface area contributed by atoms with E-state index in [2.05, 4.69) is 15.9 Å². The third-order valence-corrected chi connectivity index (χ3v) is 3.25. The van der Waals surface area contributed by atoms with Crippen molar-refractivity contribution in [2.24, 2.45) is 0 Å². The number of nitrogens with zero attached hydrogens (tertiary/aromatic N) is 1. The van der Waals surface area contributed by atoms with Gasteiger partial charge in [-0.3, -0.25) is 0 Å². The van der Waals surface area contributed by atoms with Gasteiger partial charge in [0.15, 0.2) is 0 Å². The van der Waals surface area contributed by atoms with Gasteiger partial charge < -0.3 is 4.90 Å². The largest absolute Gasteiger partial charge is 0.390 e. The Morgan fingerprint density at radius 2 is 1.94 bits per heavy atom. The van der Waals surface area contributed by atoms with Crippen molar-refractivity contribution in [1.29, 1.82) is 0 Å². The third kappa shape index (κ3) is 4.58. The molecule has 0 aromatic heterocycles. The molecule has 96 valence electrons. The first-order valence-corrected chi connectivity index (χ1v) is 6.39. The van der Waals surface area contributed by atoms with Gasteiger partial charge in [-0.05, 0) is 30.2 Å². The van der Waals surface area contributed by atoms with E-state index in [1.165, 1.54) is 0 Å².